The summed E-state index contributed by atoms with van der Waals surface area (Å²) in [5.41, 5.74) is 17.0. The van der Waals surface area contributed by atoms with E-state index >= 15 is 0 Å². The fraction of sp³-hybridized carbons (Fsp3) is 0. The Bertz CT molecular complexity index is 2960. The van der Waals surface area contributed by atoms with Gasteiger partial charge in [0.1, 0.15) is 0 Å². The van der Waals surface area contributed by atoms with Gasteiger partial charge in [0.2, 0.25) is 0 Å². The van der Waals surface area contributed by atoms with Crippen molar-refractivity contribution in [1.82, 2.24) is 4.57 Å². The lowest BCUT2D eigenvalue weighted by atomic mass is 10.00. The molecule has 54 heavy (non-hydrogen) atoms. The van der Waals surface area contributed by atoms with Crippen LogP contribution in [0.15, 0.2) is 206 Å². The number of fused-ring (bicyclic) bond motifs is 6. The Kier molecular flexibility index (Phi) is 6.90. The van der Waals surface area contributed by atoms with Gasteiger partial charge in [-0.1, -0.05) is 146 Å². The van der Waals surface area contributed by atoms with Crippen LogP contribution >= 0.6 is 0 Å². The molecule has 10 aromatic rings. The van der Waals surface area contributed by atoms with Crippen molar-refractivity contribution < 1.29 is 0 Å². The fourth-order valence-corrected chi connectivity index (χ4v) is 8.62. The zero-order valence-corrected chi connectivity index (χ0v) is 29.5. The molecule has 0 radical (unpaired) electrons. The van der Waals surface area contributed by atoms with E-state index in [1.165, 1.54) is 77.1 Å². The van der Waals surface area contributed by atoms with Crippen LogP contribution in [-0.2, 0) is 0 Å². The Morgan fingerprint density at radius 2 is 0.796 bits per heavy atom. The van der Waals surface area contributed by atoms with E-state index in [0.29, 0.717) is 0 Å². The van der Waals surface area contributed by atoms with Gasteiger partial charge >= 0.3 is 0 Å². The topological polar surface area (TPSA) is 8.17 Å². The van der Waals surface area contributed by atoms with Crippen molar-refractivity contribution >= 4 is 49.6 Å². The first-order valence-electron chi connectivity index (χ1n) is 18.6. The molecule has 1 aliphatic rings. The smallest absolute Gasteiger partial charge is 0.0541 e. The van der Waals surface area contributed by atoms with Crippen LogP contribution in [0.2, 0.25) is 0 Å². The molecule has 252 valence electrons. The predicted octanol–water partition coefficient (Wildman–Crippen LogP) is 14.4. The zero-order valence-electron chi connectivity index (χ0n) is 29.5. The monoisotopic (exact) mass is 686 g/mol. The highest BCUT2D eigenvalue weighted by atomic mass is 15.1. The number of hydrogen-bond acceptors (Lipinski definition) is 1. The summed E-state index contributed by atoms with van der Waals surface area (Å²) in [4.78, 5) is 2.40. The van der Waals surface area contributed by atoms with Crippen molar-refractivity contribution in [3.05, 3.63) is 206 Å². The van der Waals surface area contributed by atoms with E-state index in [1.807, 2.05) is 0 Å². The Morgan fingerprint density at radius 1 is 0.315 bits per heavy atom. The molecule has 1 heterocycles. The molecule has 0 aliphatic heterocycles. The molecule has 0 atom stereocenters. The second-order valence-electron chi connectivity index (χ2n) is 14.2. The summed E-state index contributed by atoms with van der Waals surface area (Å²) in [6.07, 6.45) is 0. The second-order valence-corrected chi connectivity index (χ2v) is 14.2. The third kappa shape index (κ3) is 4.81. The molecule has 0 amide bonds. The first kappa shape index (κ1) is 30.5. The molecule has 0 fully saturated rings. The highest BCUT2D eigenvalue weighted by Crippen LogP contribution is 2.50. The molecule has 0 N–H and O–H groups in total. The average molecular weight is 687 g/mol. The minimum atomic E-state index is 1.11. The molecular formula is C52H34N2. The summed E-state index contributed by atoms with van der Waals surface area (Å²) in [6, 6.07) is 75.1. The molecule has 11 rings (SSSR count). The van der Waals surface area contributed by atoms with Gasteiger partial charge in [-0.25, -0.2) is 0 Å². The van der Waals surface area contributed by atoms with Gasteiger partial charge in [-0.2, -0.15) is 0 Å². The SMILES string of the molecule is c1ccc(-c2ccc(N(c3ccc(-c4ccc(-n5c6ccccc6c6ccccc65)cc4)cc3)c3cc4c5c(cccc5c3)-c3ccccc3-4)cc2)cc1. The molecule has 0 saturated heterocycles. The van der Waals surface area contributed by atoms with Crippen LogP contribution in [0, 0.1) is 0 Å². The second kappa shape index (κ2) is 12.2. The molecular weight excluding hydrogens is 653 g/mol. The summed E-state index contributed by atoms with van der Waals surface area (Å²) >= 11 is 0. The van der Waals surface area contributed by atoms with Gasteiger partial charge in [-0.15, -0.1) is 0 Å². The van der Waals surface area contributed by atoms with E-state index in [9.17, 15) is 0 Å². The van der Waals surface area contributed by atoms with Crippen molar-refractivity contribution in [2.45, 2.75) is 0 Å². The van der Waals surface area contributed by atoms with E-state index in [2.05, 4.69) is 216 Å². The standard InChI is InChI=1S/C52H34N2/c1-2-11-35(12-3-1)36-21-27-40(28-22-36)53(43-33-39-13-10-18-48-44-14-4-5-15-45(44)49(34-43)52(39)48)41-29-23-37(24-30-41)38-25-31-42(32-26-38)54-50-19-8-6-16-46(50)47-17-7-9-20-51(47)54/h1-34H. The first-order chi connectivity index (χ1) is 26.8. The van der Waals surface area contributed by atoms with Crippen LogP contribution in [0.5, 0.6) is 0 Å². The minimum absolute atomic E-state index is 1.11. The van der Waals surface area contributed by atoms with Gasteiger partial charge in [0, 0.05) is 33.5 Å². The molecule has 0 saturated carbocycles. The molecule has 1 aliphatic carbocycles. The number of anilines is 3. The van der Waals surface area contributed by atoms with Crippen LogP contribution < -0.4 is 4.90 Å². The van der Waals surface area contributed by atoms with Gasteiger partial charge in [-0.3, -0.25) is 0 Å². The number of benzene rings is 9. The number of rotatable bonds is 6. The largest absolute Gasteiger partial charge is 0.310 e. The molecule has 1 aromatic heterocycles. The summed E-state index contributed by atoms with van der Waals surface area (Å²) in [5.74, 6) is 0. The maximum Gasteiger partial charge on any atom is 0.0541 e. The molecule has 0 spiro atoms. The summed E-state index contributed by atoms with van der Waals surface area (Å²) in [7, 11) is 0. The summed E-state index contributed by atoms with van der Waals surface area (Å²) < 4.78 is 2.37. The summed E-state index contributed by atoms with van der Waals surface area (Å²) in [5, 5.41) is 5.14. The Hall–Kier alpha value is -7.16. The molecule has 2 heteroatoms. The van der Waals surface area contributed by atoms with E-state index < -0.39 is 0 Å². The maximum absolute atomic E-state index is 2.40. The minimum Gasteiger partial charge on any atom is -0.310 e. The van der Waals surface area contributed by atoms with Crippen molar-refractivity contribution in [3.63, 3.8) is 0 Å². The average Bonchev–Trinajstić information content (AvgIpc) is 3.76. The zero-order chi connectivity index (χ0) is 35.6. The van der Waals surface area contributed by atoms with Crippen molar-refractivity contribution in [3.8, 4) is 50.2 Å². The fourth-order valence-electron chi connectivity index (χ4n) is 8.62. The lowest BCUT2D eigenvalue weighted by Gasteiger charge is -2.27. The van der Waals surface area contributed by atoms with E-state index in [0.717, 1.165) is 22.7 Å². The lowest BCUT2D eigenvalue weighted by molar-refractivity contribution is 1.18. The number of nitrogens with zero attached hydrogens (tertiary/aromatic N) is 2. The van der Waals surface area contributed by atoms with Gasteiger partial charge < -0.3 is 9.47 Å². The van der Waals surface area contributed by atoms with E-state index in [-0.39, 0.29) is 0 Å². The quantitative estimate of drug-likeness (QED) is 0.169. The Labute approximate surface area is 314 Å². The first-order valence-corrected chi connectivity index (χ1v) is 18.6. The van der Waals surface area contributed by atoms with Crippen molar-refractivity contribution in [2.24, 2.45) is 0 Å². The van der Waals surface area contributed by atoms with Crippen LogP contribution in [0.4, 0.5) is 17.1 Å². The molecule has 0 unspecified atom stereocenters. The van der Waals surface area contributed by atoms with E-state index in [4.69, 9.17) is 0 Å². The van der Waals surface area contributed by atoms with Gasteiger partial charge in [0.25, 0.3) is 0 Å². The maximum atomic E-state index is 2.40. The number of aromatic nitrogens is 1. The number of hydrogen-bond donors (Lipinski definition) is 0. The highest BCUT2D eigenvalue weighted by Gasteiger charge is 2.24. The normalized spacial score (nSPS) is 11.7. The van der Waals surface area contributed by atoms with Gasteiger partial charge in [0.15, 0.2) is 0 Å². The lowest BCUT2D eigenvalue weighted by Crippen LogP contribution is -2.10. The highest BCUT2D eigenvalue weighted by molar-refractivity contribution is 6.16. The predicted molar refractivity (Wildman–Crippen MR) is 228 cm³/mol. The van der Waals surface area contributed by atoms with E-state index in [1.54, 1.807) is 0 Å². The number of para-hydroxylation sites is 2. The van der Waals surface area contributed by atoms with Crippen LogP contribution in [0.3, 0.4) is 0 Å². The van der Waals surface area contributed by atoms with Crippen LogP contribution in [-0.4, -0.2) is 4.57 Å². The van der Waals surface area contributed by atoms with Gasteiger partial charge in [0.05, 0.1) is 11.0 Å². The van der Waals surface area contributed by atoms with Crippen LogP contribution in [0.25, 0.3) is 82.8 Å². The third-order valence-electron chi connectivity index (χ3n) is 11.1. The van der Waals surface area contributed by atoms with Gasteiger partial charge in [-0.05, 0) is 116 Å². The van der Waals surface area contributed by atoms with Crippen molar-refractivity contribution in [2.75, 3.05) is 4.90 Å². The molecule has 0 bridgehead atoms. The van der Waals surface area contributed by atoms with Crippen molar-refractivity contribution in [1.29, 1.82) is 0 Å². The summed E-state index contributed by atoms with van der Waals surface area (Å²) in [6.45, 7) is 0. The third-order valence-corrected chi connectivity index (χ3v) is 11.1. The molecule has 2 nitrogen and oxygen atoms in total. The Balaban J connectivity index is 0.997. The Morgan fingerprint density at radius 3 is 1.41 bits per heavy atom. The van der Waals surface area contributed by atoms with Crippen LogP contribution in [0.1, 0.15) is 0 Å². The molecule has 9 aromatic carbocycles.